The standard InChI is InChI=1S/C15H27N7O/c1-10(2)14(23)17-7-8-18-15(16-4)20-12-6-5-9-22-13(12)19-11(3)21-22/h10,12H,5-9H2,1-4H3,(H,17,23)(H2,16,18,20). The van der Waals surface area contributed by atoms with Crippen molar-refractivity contribution in [3.8, 4) is 0 Å². The lowest BCUT2D eigenvalue weighted by atomic mass is 10.1. The summed E-state index contributed by atoms with van der Waals surface area (Å²) in [6.45, 7) is 7.78. The molecule has 0 radical (unpaired) electrons. The number of nitrogens with zero attached hydrogens (tertiary/aromatic N) is 4. The smallest absolute Gasteiger partial charge is 0.222 e. The molecule has 1 aromatic heterocycles. The van der Waals surface area contributed by atoms with Crippen LogP contribution in [0.3, 0.4) is 0 Å². The largest absolute Gasteiger partial charge is 0.355 e. The van der Waals surface area contributed by atoms with Crippen LogP contribution in [-0.2, 0) is 11.3 Å². The Balaban J connectivity index is 1.83. The third-order valence-corrected chi connectivity index (χ3v) is 3.76. The number of carbonyl (C=O) groups is 1. The minimum atomic E-state index is 0.00396. The van der Waals surface area contributed by atoms with Crippen LogP contribution >= 0.6 is 0 Å². The number of fused-ring (bicyclic) bond motifs is 1. The lowest BCUT2D eigenvalue weighted by Gasteiger charge is -2.25. The number of aromatic nitrogens is 3. The van der Waals surface area contributed by atoms with E-state index in [2.05, 4.69) is 31.0 Å². The van der Waals surface area contributed by atoms with Gasteiger partial charge >= 0.3 is 0 Å². The van der Waals surface area contributed by atoms with Gasteiger partial charge in [0, 0.05) is 32.6 Å². The molecule has 8 nitrogen and oxygen atoms in total. The van der Waals surface area contributed by atoms with Crippen molar-refractivity contribution in [2.75, 3.05) is 20.1 Å². The molecule has 0 saturated heterocycles. The molecule has 0 spiro atoms. The van der Waals surface area contributed by atoms with Crippen LogP contribution in [0.4, 0.5) is 0 Å². The lowest BCUT2D eigenvalue weighted by molar-refractivity contribution is -0.123. The molecule has 23 heavy (non-hydrogen) atoms. The third kappa shape index (κ3) is 4.67. The summed E-state index contributed by atoms with van der Waals surface area (Å²) < 4.78 is 1.96. The minimum Gasteiger partial charge on any atom is -0.355 e. The minimum absolute atomic E-state index is 0.00396. The van der Waals surface area contributed by atoms with E-state index < -0.39 is 0 Å². The molecule has 1 aliphatic rings. The van der Waals surface area contributed by atoms with Crippen LogP contribution in [0.1, 0.15) is 44.4 Å². The number of carbonyl (C=O) groups excluding carboxylic acids is 1. The highest BCUT2D eigenvalue weighted by molar-refractivity contribution is 5.80. The molecular formula is C15H27N7O. The second kappa shape index (κ2) is 7.94. The summed E-state index contributed by atoms with van der Waals surface area (Å²) in [7, 11) is 1.74. The van der Waals surface area contributed by atoms with E-state index in [9.17, 15) is 4.79 Å². The van der Waals surface area contributed by atoms with Crippen molar-refractivity contribution in [2.24, 2.45) is 10.9 Å². The highest BCUT2D eigenvalue weighted by Gasteiger charge is 2.24. The maximum absolute atomic E-state index is 11.5. The van der Waals surface area contributed by atoms with E-state index in [-0.39, 0.29) is 17.9 Å². The van der Waals surface area contributed by atoms with Gasteiger partial charge in [-0.2, -0.15) is 5.10 Å². The van der Waals surface area contributed by atoms with Gasteiger partial charge in [-0.1, -0.05) is 13.8 Å². The monoisotopic (exact) mass is 321 g/mol. The molecule has 0 aromatic carbocycles. The van der Waals surface area contributed by atoms with Gasteiger partial charge in [-0.3, -0.25) is 9.79 Å². The Morgan fingerprint density at radius 3 is 2.83 bits per heavy atom. The Kier molecular flexibility index (Phi) is 5.95. The number of guanidine groups is 1. The number of aryl methyl sites for hydroxylation is 2. The van der Waals surface area contributed by atoms with Gasteiger partial charge in [0.25, 0.3) is 0 Å². The predicted octanol–water partition coefficient (Wildman–Crippen LogP) is 0.359. The number of hydrogen-bond donors (Lipinski definition) is 3. The summed E-state index contributed by atoms with van der Waals surface area (Å²) in [6, 6.07) is 0.112. The van der Waals surface area contributed by atoms with E-state index in [1.54, 1.807) is 7.05 Å². The fourth-order valence-electron chi connectivity index (χ4n) is 2.54. The van der Waals surface area contributed by atoms with Crippen molar-refractivity contribution in [3.05, 3.63) is 11.6 Å². The fourth-order valence-corrected chi connectivity index (χ4v) is 2.54. The zero-order valence-corrected chi connectivity index (χ0v) is 14.4. The van der Waals surface area contributed by atoms with Crippen LogP contribution in [0.2, 0.25) is 0 Å². The third-order valence-electron chi connectivity index (χ3n) is 3.76. The highest BCUT2D eigenvalue weighted by Crippen LogP contribution is 2.22. The molecule has 2 heterocycles. The Hall–Kier alpha value is -2.12. The molecule has 1 aromatic rings. The van der Waals surface area contributed by atoms with Crippen LogP contribution in [0.5, 0.6) is 0 Å². The van der Waals surface area contributed by atoms with Gasteiger partial charge in [0.1, 0.15) is 11.6 Å². The van der Waals surface area contributed by atoms with Crippen LogP contribution in [0.15, 0.2) is 4.99 Å². The predicted molar refractivity (Wildman–Crippen MR) is 89.1 cm³/mol. The summed E-state index contributed by atoms with van der Waals surface area (Å²) in [6.07, 6.45) is 2.07. The number of amides is 1. The molecule has 1 unspecified atom stereocenters. The molecule has 3 N–H and O–H groups in total. The summed E-state index contributed by atoms with van der Waals surface area (Å²) >= 11 is 0. The Bertz CT molecular complexity index is 564. The van der Waals surface area contributed by atoms with Gasteiger partial charge in [0.05, 0.1) is 6.04 Å². The number of aliphatic imine (C=N–C) groups is 1. The van der Waals surface area contributed by atoms with Gasteiger partial charge in [0.2, 0.25) is 5.91 Å². The van der Waals surface area contributed by atoms with E-state index in [0.717, 1.165) is 31.0 Å². The zero-order valence-electron chi connectivity index (χ0n) is 14.4. The summed E-state index contributed by atoms with van der Waals surface area (Å²) in [5.41, 5.74) is 0. The second-order valence-electron chi connectivity index (χ2n) is 6.02. The zero-order chi connectivity index (χ0) is 16.8. The first-order valence-corrected chi connectivity index (χ1v) is 8.17. The average Bonchev–Trinajstić information content (AvgIpc) is 2.90. The summed E-state index contributed by atoms with van der Waals surface area (Å²) in [5.74, 6) is 2.54. The van der Waals surface area contributed by atoms with Crippen molar-refractivity contribution in [2.45, 2.75) is 46.2 Å². The molecule has 1 amide bonds. The van der Waals surface area contributed by atoms with Crippen LogP contribution in [0.25, 0.3) is 0 Å². The molecule has 128 valence electrons. The van der Waals surface area contributed by atoms with Gasteiger partial charge in [-0.15, -0.1) is 0 Å². The topological polar surface area (TPSA) is 96.2 Å². The molecule has 0 aliphatic carbocycles. The number of hydrogen-bond acceptors (Lipinski definition) is 4. The first-order chi connectivity index (χ1) is 11.0. The van der Waals surface area contributed by atoms with Crippen LogP contribution in [-0.4, -0.2) is 46.8 Å². The Labute approximate surface area is 137 Å². The fraction of sp³-hybridized carbons (Fsp3) is 0.733. The first kappa shape index (κ1) is 17.2. The molecular weight excluding hydrogens is 294 g/mol. The Morgan fingerprint density at radius 1 is 1.39 bits per heavy atom. The highest BCUT2D eigenvalue weighted by atomic mass is 16.1. The van der Waals surface area contributed by atoms with Gasteiger partial charge in [0.15, 0.2) is 5.96 Å². The van der Waals surface area contributed by atoms with Crippen molar-refractivity contribution in [1.29, 1.82) is 0 Å². The van der Waals surface area contributed by atoms with Crippen molar-refractivity contribution in [1.82, 2.24) is 30.7 Å². The van der Waals surface area contributed by atoms with Crippen molar-refractivity contribution < 1.29 is 4.79 Å². The van der Waals surface area contributed by atoms with E-state index in [1.165, 1.54) is 0 Å². The number of nitrogens with one attached hydrogen (secondary N) is 3. The van der Waals surface area contributed by atoms with Crippen molar-refractivity contribution in [3.63, 3.8) is 0 Å². The second-order valence-corrected chi connectivity index (χ2v) is 6.02. The molecule has 8 heteroatoms. The van der Waals surface area contributed by atoms with Crippen molar-refractivity contribution >= 4 is 11.9 Å². The van der Waals surface area contributed by atoms with E-state index in [1.807, 2.05) is 25.5 Å². The average molecular weight is 321 g/mol. The molecule has 1 aliphatic heterocycles. The quantitative estimate of drug-likeness (QED) is 0.413. The van der Waals surface area contributed by atoms with Gasteiger partial charge < -0.3 is 16.0 Å². The maximum atomic E-state index is 11.5. The molecule has 0 saturated carbocycles. The van der Waals surface area contributed by atoms with Crippen LogP contribution < -0.4 is 16.0 Å². The first-order valence-electron chi connectivity index (χ1n) is 8.17. The van der Waals surface area contributed by atoms with Crippen LogP contribution in [0, 0.1) is 12.8 Å². The van der Waals surface area contributed by atoms with E-state index >= 15 is 0 Å². The molecule has 0 fully saturated rings. The maximum Gasteiger partial charge on any atom is 0.222 e. The molecule has 0 bridgehead atoms. The normalized spacial score (nSPS) is 17.8. The van der Waals surface area contributed by atoms with E-state index in [4.69, 9.17) is 0 Å². The van der Waals surface area contributed by atoms with Gasteiger partial charge in [-0.25, -0.2) is 9.67 Å². The summed E-state index contributed by atoms with van der Waals surface area (Å²) in [4.78, 5) is 20.3. The van der Waals surface area contributed by atoms with Gasteiger partial charge in [-0.05, 0) is 19.8 Å². The summed E-state index contributed by atoms with van der Waals surface area (Å²) in [5, 5.41) is 13.9. The number of rotatable bonds is 5. The molecule has 2 rings (SSSR count). The Morgan fingerprint density at radius 2 is 2.13 bits per heavy atom. The molecule has 1 atom stereocenters. The van der Waals surface area contributed by atoms with E-state index in [0.29, 0.717) is 19.0 Å². The SMILES string of the molecule is CN=C(NCCNC(=O)C(C)C)NC1CCCn2nc(C)nc21. The lowest BCUT2D eigenvalue weighted by Crippen LogP contribution is -2.44.